The summed E-state index contributed by atoms with van der Waals surface area (Å²) in [5, 5.41) is 17.3. The fourth-order valence-corrected chi connectivity index (χ4v) is 4.55. The van der Waals surface area contributed by atoms with Crippen molar-refractivity contribution < 1.29 is 19.8 Å². The molecule has 0 aliphatic carbocycles. The number of carboxylic acids is 2. The highest BCUT2D eigenvalue weighted by Crippen LogP contribution is 2.36. The Balaban J connectivity index is 4.18. The minimum absolute atomic E-state index is 0.500. The number of aliphatic carboxylic acids is 2. The highest BCUT2D eigenvalue weighted by Gasteiger charge is 2.24. The topological polar surface area (TPSA) is 74.6 Å². The largest absolute Gasteiger partial charge is 0.480 e. The van der Waals surface area contributed by atoms with Gasteiger partial charge in [0.1, 0.15) is 10.5 Å². The van der Waals surface area contributed by atoms with Crippen LogP contribution in [0.1, 0.15) is 65.2 Å². The molecular formula is C14H26O4S2. The van der Waals surface area contributed by atoms with Gasteiger partial charge in [0.2, 0.25) is 0 Å². The summed E-state index contributed by atoms with van der Waals surface area (Å²) < 4.78 is 0. The first-order valence-electron chi connectivity index (χ1n) is 7.30. The second-order valence-electron chi connectivity index (χ2n) is 4.84. The quantitative estimate of drug-likeness (QED) is 0.386. The van der Waals surface area contributed by atoms with Crippen molar-refractivity contribution in [3.05, 3.63) is 0 Å². The minimum atomic E-state index is -0.837. The molecule has 2 atom stereocenters. The smallest absolute Gasteiger partial charge is 0.317 e. The van der Waals surface area contributed by atoms with E-state index in [0.717, 1.165) is 38.5 Å². The summed E-state index contributed by atoms with van der Waals surface area (Å²) >= 11 is 0. The van der Waals surface area contributed by atoms with Gasteiger partial charge < -0.3 is 10.2 Å². The number of carbonyl (C=O) groups is 2. The van der Waals surface area contributed by atoms with E-state index in [0.29, 0.717) is 12.8 Å². The van der Waals surface area contributed by atoms with Crippen LogP contribution in [-0.2, 0) is 9.59 Å². The summed E-state index contributed by atoms with van der Waals surface area (Å²) in [6.07, 6.45) is 7.15. The molecule has 0 aliphatic heterocycles. The van der Waals surface area contributed by atoms with E-state index in [4.69, 9.17) is 10.2 Å². The Kier molecular flexibility index (Phi) is 12.2. The number of unbranched alkanes of at least 4 members (excludes halogenated alkanes) is 4. The molecule has 4 nitrogen and oxygen atoms in total. The van der Waals surface area contributed by atoms with Gasteiger partial charge >= 0.3 is 11.9 Å². The number of hydrogen-bond donors (Lipinski definition) is 2. The van der Waals surface area contributed by atoms with E-state index in [-0.39, 0.29) is 0 Å². The molecule has 20 heavy (non-hydrogen) atoms. The van der Waals surface area contributed by atoms with E-state index in [1.54, 1.807) is 0 Å². The molecular weight excluding hydrogens is 296 g/mol. The third kappa shape index (κ3) is 9.53. The van der Waals surface area contributed by atoms with Crippen LogP contribution in [-0.4, -0.2) is 32.7 Å². The fraction of sp³-hybridized carbons (Fsp3) is 0.857. The highest BCUT2D eigenvalue weighted by molar-refractivity contribution is 8.77. The highest BCUT2D eigenvalue weighted by atomic mass is 33.1. The lowest BCUT2D eigenvalue weighted by atomic mass is 10.1. The summed E-state index contributed by atoms with van der Waals surface area (Å²) in [6.45, 7) is 4.15. The van der Waals surface area contributed by atoms with Crippen molar-refractivity contribution in [1.82, 2.24) is 0 Å². The molecule has 6 heteroatoms. The predicted octanol–water partition coefficient (Wildman–Crippen LogP) is 4.43. The Bertz CT molecular complexity index is 256. The summed E-state index contributed by atoms with van der Waals surface area (Å²) in [6, 6.07) is 0. The van der Waals surface area contributed by atoms with E-state index in [1.165, 1.54) is 21.6 Å². The third-order valence-electron chi connectivity index (χ3n) is 2.98. The zero-order valence-corrected chi connectivity index (χ0v) is 14.0. The molecule has 0 amide bonds. The Morgan fingerprint density at radius 2 is 1.15 bits per heavy atom. The lowest BCUT2D eigenvalue weighted by Gasteiger charge is -2.15. The average Bonchev–Trinajstić information content (AvgIpc) is 2.39. The van der Waals surface area contributed by atoms with Gasteiger partial charge in [0, 0.05) is 0 Å². The lowest BCUT2D eigenvalue weighted by molar-refractivity contribution is -0.137. The number of carboxylic acid groups (broad SMARTS) is 2. The van der Waals surface area contributed by atoms with Crippen LogP contribution in [0.2, 0.25) is 0 Å². The Hall–Kier alpha value is -0.360. The van der Waals surface area contributed by atoms with Gasteiger partial charge in [0.15, 0.2) is 0 Å². The maximum atomic E-state index is 11.2. The van der Waals surface area contributed by atoms with Gasteiger partial charge in [0.25, 0.3) is 0 Å². The zero-order valence-electron chi connectivity index (χ0n) is 12.3. The Morgan fingerprint density at radius 3 is 1.40 bits per heavy atom. The molecule has 2 unspecified atom stereocenters. The number of hydrogen-bond acceptors (Lipinski definition) is 4. The Labute approximate surface area is 129 Å². The van der Waals surface area contributed by atoms with Crippen LogP contribution in [0.3, 0.4) is 0 Å². The van der Waals surface area contributed by atoms with Gasteiger partial charge in [-0.15, -0.1) is 0 Å². The third-order valence-corrected chi connectivity index (χ3v) is 6.16. The van der Waals surface area contributed by atoms with Crippen LogP contribution in [0.25, 0.3) is 0 Å². The number of rotatable bonds is 13. The van der Waals surface area contributed by atoms with Gasteiger partial charge in [0.05, 0.1) is 0 Å². The molecule has 0 aromatic rings. The van der Waals surface area contributed by atoms with Crippen molar-refractivity contribution in [3.63, 3.8) is 0 Å². The van der Waals surface area contributed by atoms with Crippen LogP contribution < -0.4 is 0 Å². The second kappa shape index (κ2) is 12.4. The van der Waals surface area contributed by atoms with Crippen molar-refractivity contribution in [1.29, 1.82) is 0 Å². The molecule has 0 heterocycles. The van der Waals surface area contributed by atoms with E-state index in [9.17, 15) is 9.59 Å². The second-order valence-corrected chi connectivity index (χ2v) is 7.52. The molecule has 0 aliphatic rings. The summed E-state index contributed by atoms with van der Waals surface area (Å²) in [4.78, 5) is 22.3. The molecule has 0 aromatic carbocycles. The molecule has 0 bridgehead atoms. The standard InChI is InChI=1S/C14H26O4S2/c1-3-5-7-9-11(13(15)16)19-20-12(14(17)18)10-8-6-4-2/h11-12H,3-10H2,1-2H3,(H,15,16)(H,17,18). The van der Waals surface area contributed by atoms with Crippen LogP contribution >= 0.6 is 21.6 Å². The predicted molar refractivity (Wildman–Crippen MR) is 86.3 cm³/mol. The van der Waals surface area contributed by atoms with Crippen molar-refractivity contribution in [2.75, 3.05) is 0 Å². The average molecular weight is 322 g/mol. The molecule has 2 N–H and O–H groups in total. The van der Waals surface area contributed by atoms with Gasteiger partial charge in [-0.3, -0.25) is 9.59 Å². The first-order valence-corrected chi connectivity index (χ1v) is 9.58. The van der Waals surface area contributed by atoms with Crippen LogP contribution in [0.15, 0.2) is 0 Å². The van der Waals surface area contributed by atoms with Crippen molar-refractivity contribution in [2.45, 2.75) is 75.7 Å². The SMILES string of the molecule is CCCCCC(SSC(CCCCC)C(=O)O)C(=O)O. The summed E-state index contributed by atoms with van der Waals surface area (Å²) in [5.41, 5.74) is 0. The summed E-state index contributed by atoms with van der Waals surface area (Å²) in [5.74, 6) is -1.67. The first kappa shape index (κ1) is 19.6. The van der Waals surface area contributed by atoms with Gasteiger partial charge in [-0.25, -0.2) is 0 Å². The molecule has 0 saturated heterocycles. The van der Waals surface area contributed by atoms with Gasteiger partial charge in [-0.1, -0.05) is 74.0 Å². The van der Waals surface area contributed by atoms with E-state index in [2.05, 4.69) is 13.8 Å². The molecule has 0 radical (unpaired) electrons. The maximum Gasteiger partial charge on any atom is 0.317 e. The first-order chi connectivity index (χ1) is 9.52. The normalized spacial score (nSPS) is 13.9. The minimum Gasteiger partial charge on any atom is -0.480 e. The van der Waals surface area contributed by atoms with Crippen molar-refractivity contribution in [2.24, 2.45) is 0 Å². The Morgan fingerprint density at radius 1 is 0.800 bits per heavy atom. The molecule has 0 fully saturated rings. The van der Waals surface area contributed by atoms with Gasteiger partial charge in [-0.2, -0.15) is 0 Å². The fourth-order valence-electron chi connectivity index (χ4n) is 1.72. The molecule has 0 rings (SSSR count). The van der Waals surface area contributed by atoms with E-state index < -0.39 is 22.4 Å². The van der Waals surface area contributed by atoms with Crippen molar-refractivity contribution >= 4 is 33.5 Å². The summed E-state index contributed by atoms with van der Waals surface area (Å²) in [7, 11) is 2.42. The molecule has 0 spiro atoms. The maximum absolute atomic E-state index is 11.2. The van der Waals surface area contributed by atoms with Crippen LogP contribution in [0.4, 0.5) is 0 Å². The zero-order chi connectivity index (χ0) is 15.4. The monoisotopic (exact) mass is 322 g/mol. The van der Waals surface area contributed by atoms with Crippen LogP contribution in [0.5, 0.6) is 0 Å². The molecule has 118 valence electrons. The molecule has 0 aromatic heterocycles. The van der Waals surface area contributed by atoms with E-state index >= 15 is 0 Å². The van der Waals surface area contributed by atoms with Crippen LogP contribution in [0, 0.1) is 0 Å². The van der Waals surface area contributed by atoms with E-state index in [1.807, 2.05) is 0 Å². The lowest BCUT2D eigenvalue weighted by Crippen LogP contribution is -2.19. The van der Waals surface area contributed by atoms with Gasteiger partial charge in [-0.05, 0) is 12.8 Å². The molecule has 0 saturated carbocycles. The van der Waals surface area contributed by atoms with Crippen molar-refractivity contribution in [3.8, 4) is 0 Å².